The van der Waals surface area contributed by atoms with Crippen LogP contribution in [0.4, 0.5) is 5.69 Å². The first-order valence-corrected chi connectivity index (χ1v) is 12.4. The standard InChI is InChI=1S/C28H37BN4O4/c1-18-14-19(2)16-21(15-18)25(35)33(26(3,4)5)32-24(34)20-10-11-22(23(17-20)31-13-12-30)29-36-27(6,7)28(8,9)37-29/h10-11,14-17,31H,13H2,1-9H3,(H,32,34). The molecule has 2 N–H and O–H groups in total. The summed E-state index contributed by atoms with van der Waals surface area (Å²) in [6, 6.07) is 12.7. The van der Waals surface area contributed by atoms with Gasteiger partial charge in [-0.3, -0.25) is 15.0 Å². The number of carbonyl (C=O) groups is 2. The number of rotatable bonds is 5. The van der Waals surface area contributed by atoms with E-state index in [-0.39, 0.29) is 12.5 Å². The Balaban J connectivity index is 1.92. The molecule has 1 aliphatic heterocycles. The van der Waals surface area contributed by atoms with Gasteiger partial charge in [0.2, 0.25) is 0 Å². The molecule has 0 bridgehead atoms. The van der Waals surface area contributed by atoms with Crippen molar-refractivity contribution in [3.8, 4) is 6.07 Å². The van der Waals surface area contributed by atoms with Gasteiger partial charge in [0, 0.05) is 22.3 Å². The van der Waals surface area contributed by atoms with Gasteiger partial charge in [0.1, 0.15) is 6.54 Å². The lowest BCUT2D eigenvalue weighted by atomic mass is 9.77. The summed E-state index contributed by atoms with van der Waals surface area (Å²) in [6.45, 7) is 17.3. The Kier molecular flexibility index (Phi) is 7.78. The minimum absolute atomic E-state index is 0.0386. The zero-order valence-corrected chi connectivity index (χ0v) is 23.3. The average molecular weight is 504 g/mol. The molecule has 2 amide bonds. The number of amides is 2. The Morgan fingerprint density at radius 3 is 2.05 bits per heavy atom. The molecule has 1 heterocycles. The van der Waals surface area contributed by atoms with Crippen molar-refractivity contribution in [1.82, 2.24) is 10.4 Å². The summed E-state index contributed by atoms with van der Waals surface area (Å²) in [5.74, 6) is -0.752. The Bertz CT molecular complexity index is 1210. The molecule has 1 aliphatic rings. The number of aryl methyl sites for hydroxylation is 2. The highest BCUT2D eigenvalue weighted by atomic mass is 16.7. The highest BCUT2D eigenvalue weighted by Gasteiger charge is 2.52. The van der Waals surface area contributed by atoms with E-state index in [4.69, 9.17) is 14.6 Å². The van der Waals surface area contributed by atoms with Crippen LogP contribution in [0.15, 0.2) is 36.4 Å². The largest absolute Gasteiger partial charge is 0.496 e. The number of anilines is 1. The molecule has 0 saturated carbocycles. The maximum atomic E-state index is 13.5. The first-order valence-electron chi connectivity index (χ1n) is 12.4. The number of nitrogens with zero attached hydrogens (tertiary/aromatic N) is 2. The summed E-state index contributed by atoms with van der Waals surface area (Å²) in [5.41, 5.74) is 5.03. The van der Waals surface area contributed by atoms with E-state index < -0.39 is 29.8 Å². The van der Waals surface area contributed by atoms with Crippen molar-refractivity contribution in [2.75, 3.05) is 11.9 Å². The van der Waals surface area contributed by atoms with Crippen molar-refractivity contribution >= 4 is 30.1 Å². The Morgan fingerprint density at radius 2 is 1.54 bits per heavy atom. The second kappa shape index (κ2) is 10.2. The van der Waals surface area contributed by atoms with Gasteiger partial charge in [-0.25, -0.2) is 5.01 Å². The van der Waals surface area contributed by atoms with Crippen LogP contribution in [-0.4, -0.2) is 47.2 Å². The van der Waals surface area contributed by atoms with E-state index >= 15 is 0 Å². The molecule has 0 aromatic heterocycles. The molecule has 8 nitrogen and oxygen atoms in total. The monoisotopic (exact) mass is 504 g/mol. The average Bonchev–Trinajstić information content (AvgIpc) is 3.00. The SMILES string of the molecule is Cc1cc(C)cc(C(=O)N(NC(=O)c2ccc(B3OC(C)(C)C(C)(C)O3)c(NCC#N)c2)C(C)(C)C)c1. The molecule has 1 saturated heterocycles. The van der Waals surface area contributed by atoms with Crippen molar-refractivity contribution < 1.29 is 18.9 Å². The first-order chi connectivity index (χ1) is 17.1. The van der Waals surface area contributed by atoms with E-state index in [2.05, 4.69) is 16.8 Å². The maximum Gasteiger partial charge on any atom is 0.496 e. The number of hydrogen-bond donors (Lipinski definition) is 2. The molecule has 1 fully saturated rings. The Labute approximate surface area is 220 Å². The van der Waals surface area contributed by atoms with Crippen LogP contribution in [0.5, 0.6) is 0 Å². The van der Waals surface area contributed by atoms with Crippen LogP contribution < -0.4 is 16.2 Å². The predicted octanol–water partition coefficient (Wildman–Crippen LogP) is 4.12. The highest BCUT2D eigenvalue weighted by molar-refractivity contribution is 6.64. The van der Waals surface area contributed by atoms with Gasteiger partial charge in [0.05, 0.1) is 22.8 Å². The lowest BCUT2D eigenvalue weighted by Crippen LogP contribution is -2.56. The summed E-state index contributed by atoms with van der Waals surface area (Å²) in [5, 5.41) is 13.6. The zero-order valence-electron chi connectivity index (χ0n) is 23.3. The molecule has 0 atom stereocenters. The molecule has 0 radical (unpaired) electrons. The van der Waals surface area contributed by atoms with Crippen molar-refractivity contribution in [2.24, 2.45) is 0 Å². The molecule has 0 aliphatic carbocycles. The zero-order chi connectivity index (χ0) is 27.8. The second-order valence-electron chi connectivity index (χ2n) is 11.5. The third-order valence-corrected chi connectivity index (χ3v) is 6.74. The predicted molar refractivity (Wildman–Crippen MR) is 146 cm³/mol. The van der Waals surface area contributed by atoms with Crippen molar-refractivity contribution in [1.29, 1.82) is 5.26 Å². The van der Waals surface area contributed by atoms with E-state index in [0.29, 0.717) is 22.3 Å². The number of nitrogens with one attached hydrogen (secondary N) is 2. The molecule has 0 unspecified atom stereocenters. The first kappa shape index (κ1) is 28.2. The van der Waals surface area contributed by atoms with E-state index in [1.165, 1.54) is 5.01 Å². The van der Waals surface area contributed by atoms with E-state index in [9.17, 15) is 9.59 Å². The van der Waals surface area contributed by atoms with Gasteiger partial charge >= 0.3 is 7.12 Å². The molecule has 2 aromatic carbocycles. The molecule has 2 aromatic rings. The van der Waals surface area contributed by atoms with Crippen LogP contribution in [0, 0.1) is 25.2 Å². The van der Waals surface area contributed by atoms with Gasteiger partial charge in [-0.15, -0.1) is 0 Å². The molecular weight excluding hydrogens is 467 g/mol. The van der Waals surface area contributed by atoms with Crippen molar-refractivity contribution in [2.45, 2.75) is 79.1 Å². The van der Waals surface area contributed by atoms with E-state index in [1.807, 2.05) is 80.5 Å². The lowest BCUT2D eigenvalue weighted by molar-refractivity contribution is 0.00578. The summed E-state index contributed by atoms with van der Waals surface area (Å²) in [4.78, 5) is 26.8. The summed E-state index contributed by atoms with van der Waals surface area (Å²) < 4.78 is 12.4. The summed E-state index contributed by atoms with van der Waals surface area (Å²) >= 11 is 0. The Hall–Kier alpha value is -3.35. The fourth-order valence-electron chi connectivity index (χ4n) is 4.08. The number of benzene rings is 2. The quantitative estimate of drug-likeness (QED) is 0.361. The van der Waals surface area contributed by atoms with Crippen molar-refractivity contribution in [3.63, 3.8) is 0 Å². The molecule has 37 heavy (non-hydrogen) atoms. The van der Waals surface area contributed by atoms with E-state index in [0.717, 1.165) is 11.1 Å². The number of hydrogen-bond acceptors (Lipinski definition) is 6. The van der Waals surface area contributed by atoms with Crippen LogP contribution in [0.1, 0.15) is 80.3 Å². The molecular formula is C28H37BN4O4. The smallest absolute Gasteiger partial charge is 0.399 e. The molecule has 196 valence electrons. The number of hydrazine groups is 1. The Morgan fingerprint density at radius 1 is 0.973 bits per heavy atom. The van der Waals surface area contributed by atoms with Crippen molar-refractivity contribution in [3.05, 3.63) is 58.7 Å². The third kappa shape index (κ3) is 6.15. The van der Waals surface area contributed by atoms with E-state index in [1.54, 1.807) is 18.2 Å². The maximum absolute atomic E-state index is 13.5. The van der Waals surface area contributed by atoms with Crippen LogP contribution >= 0.6 is 0 Å². The second-order valence-corrected chi connectivity index (χ2v) is 11.5. The fraction of sp³-hybridized carbons (Fsp3) is 0.464. The van der Waals surface area contributed by atoms with Crippen LogP contribution in [-0.2, 0) is 9.31 Å². The summed E-state index contributed by atoms with van der Waals surface area (Å²) in [6.07, 6.45) is 0. The van der Waals surface area contributed by atoms with Crippen LogP contribution in [0.3, 0.4) is 0 Å². The van der Waals surface area contributed by atoms with Gasteiger partial charge in [-0.05, 0) is 86.6 Å². The minimum Gasteiger partial charge on any atom is -0.399 e. The van der Waals surface area contributed by atoms with Gasteiger partial charge in [0.25, 0.3) is 11.8 Å². The highest BCUT2D eigenvalue weighted by Crippen LogP contribution is 2.37. The number of carbonyl (C=O) groups excluding carboxylic acids is 2. The number of nitriles is 1. The van der Waals surface area contributed by atoms with Gasteiger partial charge in [-0.1, -0.05) is 23.3 Å². The van der Waals surface area contributed by atoms with Gasteiger partial charge in [0.15, 0.2) is 0 Å². The molecule has 0 spiro atoms. The van der Waals surface area contributed by atoms with Gasteiger partial charge < -0.3 is 14.6 Å². The van der Waals surface area contributed by atoms with Gasteiger partial charge in [-0.2, -0.15) is 5.26 Å². The summed E-state index contributed by atoms with van der Waals surface area (Å²) in [7, 11) is -0.666. The molecule has 3 rings (SSSR count). The van der Waals surface area contributed by atoms with Crippen LogP contribution in [0.2, 0.25) is 0 Å². The minimum atomic E-state index is -0.686. The normalized spacial score (nSPS) is 16.2. The lowest BCUT2D eigenvalue weighted by Gasteiger charge is -2.35. The fourth-order valence-corrected chi connectivity index (χ4v) is 4.08. The third-order valence-electron chi connectivity index (χ3n) is 6.74. The topological polar surface area (TPSA) is 104 Å². The van der Waals surface area contributed by atoms with Crippen LogP contribution in [0.25, 0.3) is 0 Å². The molecule has 9 heteroatoms.